The molecule has 92 valence electrons. The Bertz CT molecular complexity index is 608. The molecule has 0 radical (unpaired) electrons. The standard InChI is InChI=1S/C12H12N4O2/c1-15-10(6-7-13-15)11-14-9-5-3-2-4-8(9)12(17)16(11)18/h2-7,11,14,18H,1H3/t11-/m0/s1. The van der Waals surface area contributed by atoms with Gasteiger partial charge in [0.1, 0.15) is 0 Å². The largest absolute Gasteiger partial charge is 0.358 e. The van der Waals surface area contributed by atoms with Gasteiger partial charge in [-0.15, -0.1) is 0 Å². The van der Waals surface area contributed by atoms with E-state index in [4.69, 9.17) is 0 Å². The summed E-state index contributed by atoms with van der Waals surface area (Å²) in [7, 11) is 1.76. The molecule has 0 saturated heterocycles. The fourth-order valence-electron chi connectivity index (χ4n) is 2.10. The molecule has 6 heteroatoms. The van der Waals surface area contributed by atoms with E-state index in [2.05, 4.69) is 10.4 Å². The van der Waals surface area contributed by atoms with E-state index < -0.39 is 12.1 Å². The molecule has 2 N–H and O–H groups in total. The summed E-state index contributed by atoms with van der Waals surface area (Å²) in [6.07, 6.45) is 0.996. The monoisotopic (exact) mass is 244 g/mol. The third-order valence-corrected chi connectivity index (χ3v) is 3.04. The topological polar surface area (TPSA) is 70.4 Å². The highest BCUT2D eigenvalue weighted by Gasteiger charge is 2.33. The lowest BCUT2D eigenvalue weighted by Gasteiger charge is -2.33. The Hall–Kier alpha value is -2.34. The molecule has 2 heterocycles. The number of fused-ring (bicyclic) bond motifs is 1. The fourth-order valence-corrected chi connectivity index (χ4v) is 2.10. The van der Waals surface area contributed by atoms with Crippen LogP contribution in [0.3, 0.4) is 0 Å². The number of nitrogens with one attached hydrogen (secondary N) is 1. The van der Waals surface area contributed by atoms with E-state index >= 15 is 0 Å². The molecule has 1 aliphatic rings. The Kier molecular flexibility index (Phi) is 2.31. The van der Waals surface area contributed by atoms with E-state index in [1.807, 2.05) is 12.1 Å². The molecule has 1 atom stereocenters. The minimum Gasteiger partial charge on any atom is -0.358 e. The molecule has 1 amide bonds. The van der Waals surface area contributed by atoms with Crippen molar-refractivity contribution >= 4 is 11.6 Å². The zero-order valence-electron chi connectivity index (χ0n) is 9.74. The van der Waals surface area contributed by atoms with Crippen LogP contribution in [-0.4, -0.2) is 26.0 Å². The van der Waals surface area contributed by atoms with Crippen LogP contribution >= 0.6 is 0 Å². The number of hydrogen-bond donors (Lipinski definition) is 2. The van der Waals surface area contributed by atoms with Crippen molar-refractivity contribution in [3.8, 4) is 0 Å². The number of aryl methyl sites for hydroxylation is 1. The number of hydroxylamine groups is 2. The van der Waals surface area contributed by atoms with Crippen molar-refractivity contribution in [2.45, 2.75) is 6.17 Å². The molecule has 0 unspecified atom stereocenters. The van der Waals surface area contributed by atoms with Crippen molar-refractivity contribution in [1.82, 2.24) is 14.8 Å². The zero-order chi connectivity index (χ0) is 12.7. The van der Waals surface area contributed by atoms with Crippen molar-refractivity contribution in [2.75, 3.05) is 5.32 Å². The highest BCUT2D eigenvalue weighted by molar-refractivity contribution is 6.00. The molecule has 0 bridgehead atoms. The molecule has 0 fully saturated rings. The number of anilines is 1. The van der Waals surface area contributed by atoms with E-state index in [1.54, 1.807) is 36.1 Å². The van der Waals surface area contributed by atoms with Crippen LogP contribution in [0.5, 0.6) is 0 Å². The number of hydrogen-bond acceptors (Lipinski definition) is 4. The third-order valence-electron chi connectivity index (χ3n) is 3.04. The van der Waals surface area contributed by atoms with Gasteiger partial charge in [-0.2, -0.15) is 10.2 Å². The van der Waals surface area contributed by atoms with Crippen molar-refractivity contribution < 1.29 is 10.0 Å². The molecule has 0 saturated carbocycles. The van der Waals surface area contributed by atoms with Gasteiger partial charge in [0.15, 0.2) is 6.17 Å². The maximum atomic E-state index is 12.0. The number of benzene rings is 1. The Balaban J connectivity index is 2.06. The first-order valence-corrected chi connectivity index (χ1v) is 5.54. The molecule has 2 aromatic rings. The van der Waals surface area contributed by atoms with Crippen LogP contribution in [0.2, 0.25) is 0 Å². The number of carbonyl (C=O) groups is 1. The van der Waals surface area contributed by atoms with Crippen LogP contribution in [-0.2, 0) is 7.05 Å². The van der Waals surface area contributed by atoms with Crippen LogP contribution in [0, 0.1) is 0 Å². The summed E-state index contributed by atoms with van der Waals surface area (Å²) in [5.74, 6) is -0.421. The van der Waals surface area contributed by atoms with Crippen LogP contribution in [0.25, 0.3) is 0 Å². The smallest absolute Gasteiger partial charge is 0.281 e. The maximum absolute atomic E-state index is 12.0. The SMILES string of the molecule is Cn1nccc1[C@H]1Nc2ccccc2C(=O)N1O. The second-order valence-electron chi connectivity index (χ2n) is 4.12. The zero-order valence-corrected chi connectivity index (χ0v) is 9.74. The first-order chi connectivity index (χ1) is 8.68. The van der Waals surface area contributed by atoms with E-state index in [9.17, 15) is 10.0 Å². The molecule has 1 aliphatic heterocycles. The Morgan fingerprint density at radius 2 is 2.11 bits per heavy atom. The molecule has 18 heavy (non-hydrogen) atoms. The average molecular weight is 244 g/mol. The van der Waals surface area contributed by atoms with Gasteiger partial charge in [-0.3, -0.25) is 14.7 Å². The second-order valence-corrected chi connectivity index (χ2v) is 4.12. The molecule has 1 aromatic carbocycles. The van der Waals surface area contributed by atoms with Gasteiger partial charge in [0.05, 0.1) is 11.3 Å². The van der Waals surface area contributed by atoms with E-state index in [0.29, 0.717) is 22.0 Å². The number of para-hydroxylation sites is 1. The van der Waals surface area contributed by atoms with Crippen molar-refractivity contribution in [3.63, 3.8) is 0 Å². The molecule has 0 spiro atoms. The third kappa shape index (κ3) is 1.46. The van der Waals surface area contributed by atoms with Gasteiger partial charge < -0.3 is 5.32 Å². The van der Waals surface area contributed by atoms with Crippen LogP contribution in [0.15, 0.2) is 36.5 Å². The summed E-state index contributed by atoms with van der Waals surface area (Å²) in [5.41, 5.74) is 1.87. The van der Waals surface area contributed by atoms with Crippen LogP contribution in [0.4, 0.5) is 5.69 Å². The first-order valence-electron chi connectivity index (χ1n) is 5.54. The summed E-state index contributed by atoms with van der Waals surface area (Å²) in [4.78, 5) is 12.0. The van der Waals surface area contributed by atoms with Crippen LogP contribution < -0.4 is 5.32 Å². The van der Waals surface area contributed by atoms with Gasteiger partial charge in [-0.25, -0.2) is 0 Å². The number of carbonyl (C=O) groups excluding carboxylic acids is 1. The molecule has 3 rings (SSSR count). The van der Waals surface area contributed by atoms with E-state index in [1.165, 1.54) is 0 Å². The molecular formula is C12H12N4O2. The van der Waals surface area contributed by atoms with Gasteiger partial charge in [0, 0.05) is 18.9 Å². The Labute approximate surface area is 103 Å². The molecule has 6 nitrogen and oxygen atoms in total. The van der Waals surface area contributed by atoms with Gasteiger partial charge in [-0.05, 0) is 18.2 Å². The lowest BCUT2D eigenvalue weighted by atomic mass is 10.1. The predicted octanol–water partition coefficient (Wildman–Crippen LogP) is 1.38. The lowest BCUT2D eigenvalue weighted by Crippen LogP contribution is -2.41. The number of rotatable bonds is 1. The summed E-state index contributed by atoms with van der Waals surface area (Å²) >= 11 is 0. The average Bonchev–Trinajstić information content (AvgIpc) is 2.80. The lowest BCUT2D eigenvalue weighted by molar-refractivity contribution is -0.0867. The molecular weight excluding hydrogens is 232 g/mol. The number of aromatic nitrogens is 2. The first kappa shape index (κ1) is 10.8. The summed E-state index contributed by atoms with van der Waals surface area (Å²) in [5, 5.41) is 17.8. The Morgan fingerprint density at radius 1 is 1.33 bits per heavy atom. The summed E-state index contributed by atoms with van der Waals surface area (Å²) in [6, 6.07) is 8.84. The fraction of sp³-hybridized carbons (Fsp3) is 0.167. The van der Waals surface area contributed by atoms with Gasteiger partial charge in [-0.1, -0.05) is 12.1 Å². The van der Waals surface area contributed by atoms with Crippen molar-refractivity contribution in [1.29, 1.82) is 0 Å². The second kappa shape index (κ2) is 3.85. The summed E-state index contributed by atoms with van der Waals surface area (Å²) < 4.78 is 1.61. The summed E-state index contributed by atoms with van der Waals surface area (Å²) in [6.45, 7) is 0. The van der Waals surface area contributed by atoms with Crippen molar-refractivity contribution in [3.05, 3.63) is 47.8 Å². The predicted molar refractivity (Wildman–Crippen MR) is 64.0 cm³/mol. The highest BCUT2D eigenvalue weighted by Crippen LogP contribution is 2.31. The van der Waals surface area contributed by atoms with Gasteiger partial charge >= 0.3 is 0 Å². The minimum atomic E-state index is -0.625. The Morgan fingerprint density at radius 3 is 2.83 bits per heavy atom. The quantitative estimate of drug-likeness (QED) is 0.743. The number of amides is 1. The van der Waals surface area contributed by atoms with E-state index in [0.717, 1.165) is 0 Å². The highest BCUT2D eigenvalue weighted by atomic mass is 16.5. The normalized spacial score (nSPS) is 18.4. The number of nitrogens with zero attached hydrogens (tertiary/aromatic N) is 3. The van der Waals surface area contributed by atoms with E-state index in [-0.39, 0.29) is 0 Å². The molecule has 1 aromatic heterocycles. The van der Waals surface area contributed by atoms with Gasteiger partial charge in [0.2, 0.25) is 0 Å². The minimum absolute atomic E-state index is 0.421. The van der Waals surface area contributed by atoms with Crippen LogP contribution in [0.1, 0.15) is 22.2 Å². The van der Waals surface area contributed by atoms with Crippen molar-refractivity contribution in [2.24, 2.45) is 7.05 Å². The molecule has 0 aliphatic carbocycles. The van der Waals surface area contributed by atoms with Gasteiger partial charge in [0.25, 0.3) is 5.91 Å². The maximum Gasteiger partial charge on any atom is 0.281 e.